The van der Waals surface area contributed by atoms with Crippen molar-refractivity contribution >= 4 is 46.3 Å². The predicted octanol–water partition coefficient (Wildman–Crippen LogP) is 4.99. The number of amidine groups is 1. The first-order valence-corrected chi connectivity index (χ1v) is 12.2. The lowest BCUT2D eigenvalue weighted by Crippen LogP contribution is -2.33. The quantitative estimate of drug-likeness (QED) is 0.277. The fourth-order valence-electron chi connectivity index (χ4n) is 3.61. The van der Waals surface area contributed by atoms with Crippen LogP contribution in [0.4, 0.5) is 24.5 Å². The van der Waals surface area contributed by atoms with Gasteiger partial charge in [-0.15, -0.1) is 5.10 Å². The fraction of sp³-hybridized carbons (Fsp3) is 0.154. The number of carbonyl (C=O) groups is 2. The number of rotatable bonds is 7. The molecule has 1 heterocycles. The van der Waals surface area contributed by atoms with Gasteiger partial charge < -0.3 is 20.3 Å². The van der Waals surface area contributed by atoms with E-state index in [1.807, 2.05) is 0 Å². The van der Waals surface area contributed by atoms with E-state index in [1.54, 1.807) is 12.1 Å². The van der Waals surface area contributed by atoms with Gasteiger partial charge >= 0.3 is 6.18 Å². The smallest absolute Gasteiger partial charge is 0.416 e. The van der Waals surface area contributed by atoms with Crippen LogP contribution < -0.4 is 15.0 Å². The highest BCUT2D eigenvalue weighted by Gasteiger charge is 2.40. The first-order chi connectivity index (χ1) is 18.5. The average Bonchev–Trinajstić information content (AvgIpc) is 3.19. The van der Waals surface area contributed by atoms with Crippen LogP contribution in [0.1, 0.15) is 17.5 Å². The number of nitrogens with one attached hydrogen (secondary N) is 1. The molecule has 0 radical (unpaired) electrons. The zero-order chi connectivity index (χ0) is 28.2. The topological polar surface area (TPSA) is 124 Å². The number of hydrogen-bond donors (Lipinski definition) is 3. The Morgan fingerprint density at radius 3 is 2.62 bits per heavy atom. The number of ether oxygens (including phenoxy) is 1. The van der Waals surface area contributed by atoms with Crippen molar-refractivity contribution in [1.82, 2.24) is 0 Å². The first kappa shape index (κ1) is 27.5. The van der Waals surface area contributed by atoms with E-state index in [1.165, 1.54) is 60.7 Å². The Bertz CT molecular complexity index is 1460. The Labute approximate surface area is 224 Å². The molecule has 3 N–H and O–H groups in total. The maximum atomic E-state index is 13.3. The Balaban J connectivity index is 1.55. The van der Waals surface area contributed by atoms with E-state index in [9.17, 15) is 33.0 Å². The largest absolute Gasteiger partial charge is 0.508 e. The molecule has 1 atom stereocenters. The van der Waals surface area contributed by atoms with Crippen LogP contribution in [0, 0.1) is 0 Å². The third-order valence-electron chi connectivity index (χ3n) is 5.42. The molecule has 0 spiro atoms. The van der Waals surface area contributed by atoms with E-state index < -0.39 is 28.8 Å². The summed E-state index contributed by atoms with van der Waals surface area (Å²) < 4.78 is 44.1. The van der Waals surface area contributed by atoms with Crippen molar-refractivity contribution in [2.24, 2.45) is 10.2 Å². The molecule has 3 aromatic carbocycles. The van der Waals surface area contributed by atoms with Gasteiger partial charge in [-0.3, -0.25) is 14.5 Å². The number of phenols is 2. The molecule has 0 aliphatic carbocycles. The van der Waals surface area contributed by atoms with Gasteiger partial charge in [-0.1, -0.05) is 23.9 Å². The summed E-state index contributed by atoms with van der Waals surface area (Å²) in [7, 11) is 1.40. The van der Waals surface area contributed by atoms with Crippen molar-refractivity contribution in [3.05, 3.63) is 77.9 Å². The SMILES string of the molecule is COc1cc(C=NN=C2SC(CC(=O)Nc3cccc(C(F)(F)F)c3)C(=O)N2c2cccc(O)c2)ccc1O. The summed E-state index contributed by atoms with van der Waals surface area (Å²) in [6.07, 6.45) is -3.56. The van der Waals surface area contributed by atoms with Crippen LogP contribution in [-0.2, 0) is 15.8 Å². The van der Waals surface area contributed by atoms with E-state index >= 15 is 0 Å². The average molecular weight is 559 g/mol. The second-order valence-electron chi connectivity index (χ2n) is 8.19. The van der Waals surface area contributed by atoms with E-state index in [0.717, 1.165) is 23.9 Å². The molecule has 1 aliphatic rings. The molecule has 1 aliphatic heterocycles. The summed E-state index contributed by atoms with van der Waals surface area (Å²) in [5.41, 5.74) is -0.143. The van der Waals surface area contributed by atoms with Crippen molar-refractivity contribution in [2.45, 2.75) is 17.8 Å². The van der Waals surface area contributed by atoms with Crippen LogP contribution in [0.3, 0.4) is 0 Å². The molecule has 0 aromatic heterocycles. The van der Waals surface area contributed by atoms with Gasteiger partial charge in [-0.05, 0) is 54.1 Å². The van der Waals surface area contributed by atoms with Crippen molar-refractivity contribution < 1.29 is 37.7 Å². The second-order valence-corrected chi connectivity index (χ2v) is 9.36. The van der Waals surface area contributed by atoms with Crippen LogP contribution in [0.25, 0.3) is 0 Å². The molecular formula is C26H21F3N4O5S. The zero-order valence-corrected chi connectivity index (χ0v) is 21.0. The number of halogens is 3. The van der Waals surface area contributed by atoms with Crippen LogP contribution in [0.15, 0.2) is 76.9 Å². The maximum absolute atomic E-state index is 13.3. The Morgan fingerprint density at radius 1 is 1.13 bits per heavy atom. The number of thioether (sulfide) groups is 1. The van der Waals surface area contributed by atoms with Gasteiger partial charge in [0.2, 0.25) is 11.8 Å². The van der Waals surface area contributed by atoms with E-state index in [0.29, 0.717) is 5.56 Å². The zero-order valence-electron chi connectivity index (χ0n) is 20.2. The summed E-state index contributed by atoms with van der Waals surface area (Å²) in [5.74, 6) is -1.12. The van der Waals surface area contributed by atoms with Crippen LogP contribution in [0.5, 0.6) is 17.2 Å². The molecule has 39 heavy (non-hydrogen) atoms. The molecule has 13 heteroatoms. The van der Waals surface area contributed by atoms with Crippen LogP contribution >= 0.6 is 11.8 Å². The van der Waals surface area contributed by atoms with E-state index in [2.05, 4.69) is 15.5 Å². The number of anilines is 2. The van der Waals surface area contributed by atoms with Crippen molar-refractivity contribution in [1.29, 1.82) is 0 Å². The molecule has 0 saturated carbocycles. The van der Waals surface area contributed by atoms with Crippen molar-refractivity contribution in [3.63, 3.8) is 0 Å². The highest BCUT2D eigenvalue weighted by atomic mass is 32.2. The number of hydrogen-bond acceptors (Lipinski definition) is 8. The minimum atomic E-state index is -4.57. The standard InChI is InChI=1S/C26H21F3N4O5S/c1-38-21-10-15(8-9-20(21)35)14-30-32-25-33(18-6-3-7-19(34)12-18)24(37)22(39-25)13-23(36)31-17-5-2-4-16(11-17)26(27,28)29/h2-12,14,22,34-35H,13H2,1H3,(H,31,36). The molecule has 1 unspecified atom stereocenters. The number of alkyl halides is 3. The van der Waals surface area contributed by atoms with Gasteiger partial charge in [0.1, 0.15) is 11.0 Å². The molecule has 9 nitrogen and oxygen atoms in total. The van der Waals surface area contributed by atoms with Gasteiger partial charge in [0.15, 0.2) is 16.7 Å². The Kier molecular flexibility index (Phi) is 8.10. The number of methoxy groups -OCH3 is 1. The molecule has 4 rings (SSSR count). The number of carbonyl (C=O) groups excluding carboxylic acids is 2. The van der Waals surface area contributed by atoms with E-state index in [-0.39, 0.29) is 40.2 Å². The molecule has 1 fully saturated rings. The number of phenolic OH excluding ortho intramolecular Hbond substituents is 2. The lowest BCUT2D eigenvalue weighted by atomic mass is 10.2. The summed E-state index contributed by atoms with van der Waals surface area (Å²) in [4.78, 5) is 27.1. The lowest BCUT2D eigenvalue weighted by Gasteiger charge is -2.16. The van der Waals surface area contributed by atoms with Gasteiger partial charge in [0, 0.05) is 18.2 Å². The Morgan fingerprint density at radius 2 is 1.90 bits per heavy atom. The normalized spacial score (nSPS) is 16.7. The molecule has 3 aromatic rings. The summed E-state index contributed by atoms with van der Waals surface area (Å²) in [6, 6.07) is 14.5. The van der Waals surface area contributed by atoms with Crippen LogP contribution in [-0.4, -0.2) is 45.8 Å². The van der Waals surface area contributed by atoms with Crippen molar-refractivity contribution in [3.8, 4) is 17.2 Å². The van der Waals surface area contributed by atoms with Gasteiger partial charge in [-0.25, -0.2) is 0 Å². The molecule has 0 bridgehead atoms. The highest BCUT2D eigenvalue weighted by Crippen LogP contribution is 2.36. The van der Waals surface area contributed by atoms with Gasteiger partial charge in [0.25, 0.3) is 0 Å². The minimum absolute atomic E-state index is 0.0563. The third kappa shape index (κ3) is 6.68. The number of nitrogens with zero attached hydrogens (tertiary/aromatic N) is 3. The molecule has 2 amide bonds. The second kappa shape index (κ2) is 11.5. The number of benzene rings is 3. The fourth-order valence-corrected chi connectivity index (χ4v) is 4.70. The Hall–Kier alpha value is -4.52. The molecule has 1 saturated heterocycles. The van der Waals surface area contributed by atoms with E-state index in [4.69, 9.17) is 4.74 Å². The molecule has 202 valence electrons. The summed E-state index contributed by atoms with van der Waals surface area (Å²) >= 11 is 0.945. The highest BCUT2D eigenvalue weighted by molar-refractivity contribution is 8.16. The number of aromatic hydroxyl groups is 2. The maximum Gasteiger partial charge on any atom is 0.416 e. The van der Waals surface area contributed by atoms with Crippen LogP contribution in [0.2, 0.25) is 0 Å². The van der Waals surface area contributed by atoms with Crippen molar-refractivity contribution in [2.75, 3.05) is 17.3 Å². The monoisotopic (exact) mass is 558 g/mol. The molecular weight excluding hydrogens is 537 g/mol. The van der Waals surface area contributed by atoms with Gasteiger partial charge in [0.05, 0.1) is 24.6 Å². The first-order valence-electron chi connectivity index (χ1n) is 11.3. The van der Waals surface area contributed by atoms with Gasteiger partial charge in [-0.2, -0.15) is 18.3 Å². The number of amides is 2. The summed E-state index contributed by atoms with van der Waals surface area (Å²) in [5, 5.41) is 29.3. The predicted molar refractivity (Wildman–Crippen MR) is 141 cm³/mol. The lowest BCUT2D eigenvalue weighted by molar-refractivity contribution is -0.137. The third-order valence-corrected chi connectivity index (χ3v) is 6.55. The minimum Gasteiger partial charge on any atom is -0.508 e. The summed E-state index contributed by atoms with van der Waals surface area (Å²) in [6.45, 7) is 0.